The van der Waals surface area contributed by atoms with Crippen LogP contribution in [0.4, 0.5) is 10.2 Å². The van der Waals surface area contributed by atoms with Crippen LogP contribution in [0.15, 0.2) is 60.3 Å². The highest BCUT2D eigenvalue weighted by molar-refractivity contribution is 6.01. The fraction of sp³-hybridized carbons (Fsp3) is 0.400. The van der Waals surface area contributed by atoms with E-state index in [1.807, 2.05) is 37.3 Å². The molecule has 1 aromatic carbocycles. The molecule has 204 valence electrons. The zero-order chi connectivity index (χ0) is 27.6. The lowest BCUT2D eigenvalue weighted by molar-refractivity contribution is 0.0641. The Morgan fingerprint density at radius 3 is 2.87 bits per heavy atom. The third kappa shape index (κ3) is 6.25. The van der Waals surface area contributed by atoms with Gasteiger partial charge in [-0.15, -0.1) is 5.10 Å². The molecule has 1 amide bonds. The maximum Gasteiger partial charge on any atom is 0.296 e. The number of pyridine rings is 1. The molecule has 2 aliphatic rings. The molecular formula is C30H34FN5O3. The van der Waals surface area contributed by atoms with Crippen LogP contribution in [0.2, 0.25) is 0 Å². The molecule has 2 N–H and O–H groups in total. The lowest BCUT2D eigenvalue weighted by Gasteiger charge is -2.17. The number of rotatable bonds is 9. The van der Waals surface area contributed by atoms with Crippen LogP contribution in [0.5, 0.6) is 5.75 Å². The monoisotopic (exact) mass is 531 g/mol. The summed E-state index contributed by atoms with van der Waals surface area (Å²) < 4.78 is 22.2. The van der Waals surface area contributed by atoms with E-state index in [1.165, 1.54) is 0 Å². The van der Waals surface area contributed by atoms with Crippen molar-refractivity contribution in [3.05, 3.63) is 77.5 Å². The van der Waals surface area contributed by atoms with Gasteiger partial charge in [-0.2, -0.15) is 0 Å². The summed E-state index contributed by atoms with van der Waals surface area (Å²) >= 11 is 0. The number of halogens is 1. The van der Waals surface area contributed by atoms with Gasteiger partial charge in [0.05, 0.1) is 18.2 Å². The first kappa shape index (κ1) is 26.7. The van der Waals surface area contributed by atoms with E-state index >= 15 is 0 Å². The second-order valence-corrected chi connectivity index (χ2v) is 10.8. The molecule has 39 heavy (non-hydrogen) atoms. The van der Waals surface area contributed by atoms with Crippen molar-refractivity contribution < 1.29 is 19.0 Å². The number of hydrogen-bond acceptors (Lipinski definition) is 6. The average molecular weight is 532 g/mol. The van der Waals surface area contributed by atoms with E-state index in [2.05, 4.69) is 32.5 Å². The third-order valence-electron chi connectivity index (χ3n) is 7.00. The topological polar surface area (TPSA) is 102 Å². The second kappa shape index (κ2) is 11.1. The van der Waals surface area contributed by atoms with Crippen LogP contribution in [-0.4, -0.2) is 43.0 Å². The van der Waals surface area contributed by atoms with Gasteiger partial charge in [0.2, 0.25) is 5.82 Å². The third-order valence-corrected chi connectivity index (χ3v) is 7.00. The number of aliphatic hydroxyl groups is 1. The predicted octanol–water partition coefficient (Wildman–Crippen LogP) is 6.06. The lowest BCUT2D eigenvalue weighted by atomic mass is 9.98. The molecule has 0 fully saturated rings. The summed E-state index contributed by atoms with van der Waals surface area (Å²) in [7, 11) is 0. The maximum absolute atomic E-state index is 14.7. The summed E-state index contributed by atoms with van der Waals surface area (Å²) in [4.78, 5) is 21.5. The summed E-state index contributed by atoms with van der Waals surface area (Å²) in [6.45, 7) is 6.07. The Hall–Kier alpha value is -3.85. The van der Waals surface area contributed by atoms with Crippen molar-refractivity contribution in [2.45, 2.75) is 70.7 Å². The summed E-state index contributed by atoms with van der Waals surface area (Å²) in [5, 5.41) is 17.0. The molecule has 0 saturated heterocycles. The number of aromatic nitrogens is 4. The average Bonchev–Trinajstić information content (AvgIpc) is 3.48. The minimum absolute atomic E-state index is 0.0809. The van der Waals surface area contributed by atoms with Crippen LogP contribution < -0.4 is 10.1 Å². The molecule has 5 rings (SSSR count). The summed E-state index contributed by atoms with van der Waals surface area (Å²) in [6.07, 6.45) is 10.1. The quantitative estimate of drug-likeness (QED) is 0.325. The van der Waals surface area contributed by atoms with Crippen LogP contribution in [0.25, 0.3) is 11.1 Å². The number of nitrogens with one attached hydrogen (secondary N) is 1. The molecule has 3 heterocycles. The number of aryl methyl sites for hydroxylation is 1. The van der Waals surface area contributed by atoms with Crippen molar-refractivity contribution >= 4 is 11.7 Å². The number of hydrogen-bond donors (Lipinski definition) is 2. The lowest BCUT2D eigenvalue weighted by Crippen LogP contribution is -2.19. The molecule has 3 aromatic rings. The minimum atomic E-state index is -1.27. The van der Waals surface area contributed by atoms with Gasteiger partial charge in [-0.1, -0.05) is 24.3 Å². The van der Waals surface area contributed by atoms with Gasteiger partial charge in [0.15, 0.2) is 12.0 Å². The Kier molecular flexibility index (Phi) is 7.61. The van der Waals surface area contributed by atoms with Gasteiger partial charge in [-0.25, -0.2) is 19.0 Å². The Bertz CT molecular complexity index is 1420. The van der Waals surface area contributed by atoms with Gasteiger partial charge in [0, 0.05) is 12.6 Å². The predicted molar refractivity (Wildman–Crippen MR) is 147 cm³/mol. The largest absolute Gasteiger partial charge is 0.494 e. The number of allylic oxidation sites excluding steroid dienone is 4. The number of carbonyl (C=O) groups excluding carboxylic acids is 1. The zero-order valence-electron chi connectivity index (χ0n) is 22.5. The van der Waals surface area contributed by atoms with Crippen LogP contribution in [-0.2, 0) is 0 Å². The number of fused-ring (bicyclic) bond motifs is 1. The number of alkyl halides is 1. The van der Waals surface area contributed by atoms with Crippen LogP contribution in [0.1, 0.15) is 80.2 Å². The van der Waals surface area contributed by atoms with Crippen molar-refractivity contribution in [1.82, 2.24) is 19.7 Å². The first-order valence-electron chi connectivity index (χ1n) is 13.4. The highest BCUT2D eigenvalue weighted by atomic mass is 19.1. The van der Waals surface area contributed by atoms with E-state index in [1.54, 1.807) is 30.8 Å². The number of amides is 1. The molecule has 1 unspecified atom stereocenters. The zero-order valence-corrected chi connectivity index (χ0v) is 22.5. The molecule has 1 aliphatic heterocycles. The Labute approximate surface area is 227 Å². The molecule has 2 aromatic heterocycles. The molecule has 0 bridgehead atoms. The van der Waals surface area contributed by atoms with Gasteiger partial charge < -0.3 is 15.2 Å². The Balaban J connectivity index is 1.29. The molecule has 9 heteroatoms. The van der Waals surface area contributed by atoms with E-state index in [0.29, 0.717) is 18.8 Å². The summed E-state index contributed by atoms with van der Waals surface area (Å²) in [6, 6.07) is 9.24. The molecule has 0 saturated carbocycles. The van der Waals surface area contributed by atoms with E-state index in [9.17, 15) is 14.3 Å². The fourth-order valence-electron chi connectivity index (χ4n) is 4.97. The number of ether oxygens (including phenoxy) is 1. The van der Waals surface area contributed by atoms with Crippen LogP contribution in [0.3, 0.4) is 0 Å². The van der Waals surface area contributed by atoms with Crippen LogP contribution >= 0.6 is 0 Å². The van der Waals surface area contributed by atoms with Gasteiger partial charge >= 0.3 is 0 Å². The van der Waals surface area contributed by atoms with Gasteiger partial charge in [0.1, 0.15) is 11.6 Å². The maximum atomic E-state index is 14.7. The van der Waals surface area contributed by atoms with Crippen molar-refractivity contribution in [1.29, 1.82) is 0 Å². The number of nitrogens with zero attached hydrogens (tertiary/aromatic N) is 4. The highest BCUT2D eigenvalue weighted by Gasteiger charge is 2.37. The second-order valence-electron chi connectivity index (χ2n) is 10.8. The van der Waals surface area contributed by atoms with Crippen molar-refractivity contribution in [3.63, 3.8) is 0 Å². The molecule has 1 aliphatic carbocycles. The van der Waals surface area contributed by atoms with Crippen LogP contribution in [0, 0.1) is 6.92 Å². The van der Waals surface area contributed by atoms with Crippen molar-refractivity contribution in [2.75, 3.05) is 11.9 Å². The van der Waals surface area contributed by atoms with Crippen molar-refractivity contribution in [3.8, 4) is 16.9 Å². The molecule has 2 atom stereocenters. The van der Waals surface area contributed by atoms with Crippen molar-refractivity contribution in [2.24, 2.45) is 0 Å². The molecule has 8 nitrogen and oxygen atoms in total. The minimum Gasteiger partial charge on any atom is -0.494 e. The summed E-state index contributed by atoms with van der Waals surface area (Å²) in [5.41, 5.74) is 3.14. The number of carbonyl (C=O) groups is 1. The van der Waals surface area contributed by atoms with E-state index in [0.717, 1.165) is 47.3 Å². The van der Waals surface area contributed by atoms with Gasteiger partial charge in [-0.3, -0.25) is 4.79 Å². The van der Waals surface area contributed by atoms with Gasteiger partial charge in [-0.05, 0) is 93.0 Å². The molecular weight excluding hydrogens is 497 g/mol. The van der Waals surface area contributed by atoms with E-state index in [-0.39, 0.29) is 24.1 Å². The van der Waals surface area contributed by atoms with Gasteiger partial charge in [0.25, 0.3) is 5.91 Å². The SMILES string of the molecule is Cc1ccc(OCCCC(C)(C)O)cc1-c1ccnc(NC(=O)c2nc3n(n2)[C@@H](C2=CCCC=C2)CC3F)c1. The van der Waals surface area contributed by atoms with E-state index < -0.39 is 17.7 Å². The van der Waals surface area contributed by atoms with E-state index in [4.69, 9.17) is 4.74 Å². The summed E-state index contributed by atoms with van der Waals surface area (Å²) in [5.74, 6) is 0.629. The first-order chi connectivity index (χ1) is 18.7. The standard InChI is InChI=1S/C30H34FN5O3/c1-19-10-11-22(39-15-7-13-30(2,3)38)17-23(19)21-12-14-32-26(16-21)33-29(37)27-34-28-24(31)18-25(36(28)35-27)20-8-5-4-6-9-20/h5,8-12,14,16-17,24-25,38H,4,6-7,13,15,18H2,1-3H3,(H,32,33,37)/t24?,25-/m1/s1. The fourth-order valence-corrected chi connectivity index (χ4v) is 4.97. The highest BCUT2D eigenvalue weighted by Crippen LogP contribution is 2.40. The number of benzene rings is 1. The smallest absolute Gasteiger partial charge is 0.296 e. The first-order valence-corrected chi connectivity index (χ1v) is 13.4. The molecule has 0 radical (unpaired) electrons. The molecule has 0 spiro atoms. The number of anilines is 1. The Morgan fingerprint density at radius 1 is 1.26 bits per heavy atom. The Morgan fingerprint density at radius 2 is 2.10 bits per heavy atom. The normalized spacial score (nSPS) is 18.5.